The van der Waals surface area contributed by atoms with Crippen LogP contribution in [0.15, 0.2) is 42.6 Å². The molecule has 1 N–H and O–H groups in total. The fraction of sp³-hybridized carbons (Fsp3) is 0.500. The number of pyridine rings is 1. The van der Waals surface area contributed by atoms with E-state index in [1.807, 2.05) is 12.1 Å². The topological polar surface area (TPSA) is 67.3 Å². The number of hydrogen-bond donors (Lipinski definition) is 1. The highest BCUT2D eigenvalue weighted by molar-refractivity contribution is 5.35. The first-order valence-corrected chi connectivity index (χ1v) is 10.2. The Hall–Kier alpha value is -2.19. The smallest absolute Gasteiger partial charge is 0.257 e. The van der Waals surface area contributed by atoms with E-state index < -0.39 is 6.23 Å². The molecule has 0 bridgehead atoms. The van der Waals surface area contributed by atoms with Crippen LogP contribution in [0.4, 0.5) is 0 Å². The van der Waals surface area contributed by atoms with Crippen molar-refractivity contribution in [1.82, 2.24) is 14.8 Å². The fourth-order valence-electron chi connectivity index (χ4n) is 3.87. The van der Waals surface area contributed by atoms with Crippen LogP contribution in [0.25, 0.3) is 0 Å². The summed E-state index contributed by atoms with van der Waals surface area (Å²) in [6.07, 6.45) is 2.10. The van der Waals surface area contributed by atoms with Crippen molar-refractivity contribution in [3.05, 3.63) is 53.7 Å². The quantitative estimate of drug-likeness (QED) is 0.798. The average molecular weight is 399 g/mol. The molecule has 7 heteroatoms. The van der Waals surface area contributed by atoms with Gasteiger partial charge in [-0.25, -0.2) is 4.98 Å². The molecule has 2 aromatic rings. The molecule has 1 fully saturated rings. The normalized spacial score (nSPS) is 21.5. The minimum absolute atomic E-state index is 0.138. The molecular formula is C22H29N3O4. The Morgan fingerprint density at radius 1 is 1.17 bits per heavy atom. The first-order valence-electron chi connectivity index (χ1n) is 10.2. The molecule has 1 aromatic heterocycles. The van der Waals surface area contributed by atoms with Gasteiger partial charge in [-0.2, -0.15) is 0 Å². The zero-order chi connectivity index (χ0) is 20.1. The van der Waals surface area contributed by atoms with E-state index in [1.165, 1.54) is 5.56 Å². The Bertz CT molecular complexity index is 786. The summed E-state index contributed by atoms with van der Waals surface area (Å²) in [7, 11) is 1.62. The molecule has 1 aromatic carbocycles. The summed E-state index contributed by atoms with van der Waals surface area (Å²) in [6, 6.07) is 12.3. The number of ether oxygens (including phenoxy) is 3. The predicted octanol–water partition coefficient (Wildman–Crippen LogP) is 2.07. The molecule has 2 atom stereocenters. The molecule has 0 spiro atoms. The van der Waals surface area contributed by atoms with E-state index in [4.69, 9.17) is 14.2 Å². The Kier molecular flexibility index (Phi) is 6.61. The number of rotatable bonds is 6. The standard InChI is InChI=1S/C22H29N3O4/c1-27-16-21(26)25-11-3-10-24(12-13-25)14-17-5-7-18(8-6-17)20-15-28-19-4-2-9-23-22(19)29-20/h2,4-9,20-21,26H,3,10-16H2,1H3. The molecule has 1 saturated heterocycles. The Morgan fingerprint density at radius 2 is 2.03 bits per heavy atom. The fourth-order valence-corrected chi connectivity index (χ4v) is 3.87. The van der Waals surface area contributed by atoms with E-state index in [-0.39, 0.29) is 6.10 Å². The lowest BCUT2D eigenvalue weighted by Crippen LogP contribution is -2.40. The molecule has 0 amide bonds. The number of fused-ring (bicyclic) bond motifs is 1. The predicted molar refractivity (Wildman–Crippen MR) is 109 cm³/mol. The average Bonchev–Trinajstić information content (AvgIpc) is 3.00. The van der Waals surface area contributed by atoms with Crippen LogP contribution >= 0.6 is 0 Å². The van der Waals surface area contributed by atoms with Crippen LogP contribution in [0.1, 0.15) is 23.7 Å². The Morgan fingerprint density at radius 3 is 2.86 bits per heavy atom. The van der Waals surface area contributed by atoms with Gasteiger partial charge in [0, 0.05) is 39.5 Å². The zero-order valence-corrected chi connectivity index (χ0v) is 16.9. The Labute approximate surface area is 171 Å². The molecule has 2 unspecified atom stereocenters. The van der Waals surface area contributed by atoms with Gasteiger partial charge >= 0.3 is 0 Å². The van der Waals surface area contributed by atoms with Crippen molar-refractivity contribution in [3.8, 4) is 11.6 Å². The van der Waals surface area contributed by atoms with Crippen molar-refractivity contribution >= 4 is 0 Å². The van der Waals surface area contributed by atoms with Gasteiger partial charge in [-0.3, -0.25) is 9.80 Å². The van der Waals surface area contributed by atoms with Crippen LogP contribution in [-0.4, -0.2) is 72.6 Å². The summed E-state index contributed by atoms with van der Waals surface area (Å²) in [4.78, 5) is 8.78. The second kappa shape index (κ2) is 9.54. The van der Waals surface area contributed by atoms with Crippen LogP contribution in [0.5, 0.6) is 11.6 Å². The number of benzene rings is 1. The number of aliphatic hydroxyl groups excluding tert-OH is 1. The van der Waals surface area contributed by atoms with Gasteiger partial charge < -0.3 is 19.3 Å². The maximum absolute atomic E-state index is 10.1. The lowest BCUT2D eigenvalue weighted by Gasteiger charge is -2.26. The lowest BCUT2D eigenvalue weighted by atomic mass is 10.1. The van der Waals surface area contributed by atoms with Gasteiger partial charge in [-0.05, 0) is 36.2 Å². The summed E-state index contributed by atoms with van der Waals surface area (Å²) in [5.41, 5.74) is 2.37. The SMILES string of the molecule is COCC(O)N1CCCN(Cc2ccc(C3COc4cccnc4O3)cc2)CC1. The van der Waals surface area contributed by atoms with Crippen molar-refractivity contribution < 1.29 is 19.3 Å². The third-order valence-electron chi connectivity index (χ3n) is 5.50. The maximum atomic E-state index is 10.1. The van der Waals surface area contributed by atoms with Gasteiger partial charge in [0.15, 0.2) is 11.9 Å². The third kappa shape index (κ3) is 5.05. The summed E-state index contributed by atoms with van der Waals surface area (Å²) >= 11 is 0. The summed E-state index contributed by atoms with van der Waals surface area (Å²) in [5, 5.41) is 10.1. The molecular weight excluding hydrogens is 370 g/mol. The minimum atomic E-state index is -0.517. The second-order valence-electron chi connectivity index (χ2n) is 7.57. The number of methoxy groups -OCH3 is 1. The van der Waals surface area contributed by atoms with Crippen LogP contribution in [0.2, 0.25) is 0 Å². The monoisotopic (exact) mass is 399 g/mol. The van der Waals surface area contributed by atoms with E-state index in [0.717, 1.165) is 44.7 Å². The van der Waals surface area contributed by atoms with Crippen LogP contribution in [0.3, 0.4) is 0 Å². The molecule has 2 aliphatic rings. The van der Waals surface area contributed by atoms with Crippen molar-refractivity contribution in [2.24, 2.45) is 0 Å². The number of aromatic nitrogens is 1. The minimum Gasteiger partial charge on any atom is -0.484 e. The van der Waals surface area contributed by atoms with Gasteiger partial charge in [0.05, 0.1) is 6.61 Å². The highest BCUT2D eigenvalue weighted by atomic mass is 16.6. The van der Waals surface area contributed by atoms with E-state index in [9.17, 15) is 5.11 Å². The molecule has 2 aliphatic heterocycles. The van der Waals surface area contributed by atoms with E-state index in [0.29, 0.717) is 24.8 Å². The molecule has 29 heavy (non-hydrogen) atoms. The van der Waals surface area contributed by atoms with Gasteiger partial charge in [0.25, 0.3) is 5.88 Å². The molecule has 7 nitrogen and oxygen atoms in total. The van der Waals surface area contributed by atoms with Crippen molar-refractivity contribution in [2.45, 2.75) is 25.3 Å². The highest BCUT2D eigenvalue weighted by Gasteiger charge is 2.24. The van der Waals surface area contributed by atoms with Crippen LogP contribution in [-0.2, 0) is 11.3 Å². The van der Waals surface area contributed by atoms with E-state index in [1.54, 1.807) is 13.3 Å². The molecule has 0 saturated carbocycles. The Balaban J connectivity index is 1.32. The van der Waals surface area contributed by atoms with E-state index in [2.05, 4.69) is 39.0 Å². The van der Waals surface area contributed by atoms with Crippen molar-refractivity contribution in [3.63, 3.8) is 0 Å². The molecule has 4 rings (SSSR count). The number of aliphatic hydroxyl groups is 1. The first-order chi connectivity index (χ1) is 14.2. The van der Waals surface area contributed by atoms with Crippen LogP contribution < -0.4 is 9.47 Å². The number of hydrogen-bond acceptors (Lipinski definition) is 7. The largest absolute Gasteiger partial charge is 0.484 e. The summed E-state index contributed by atoms with van der Waals surface area (Å²) in [6.45, 7) is 5.46. The zero-order valence-electron chi connectivity index (χ0n) is 16.9. The maximum Gasteiger partial charge on any atom is 0.257 e. The van der Waals surface area contributed by atoms with Gasteiger partial charge in [-0.15, -0.1) is 0 Å². The molecule has 0 aliphatic carbocycles. The highest BCUT2D eigenvalue weighted by Crippen LogP contribution is 2.33. The molecule has 3 heterocycles. The van der Waals surface area contributed by atoms with Gasteiger partial charge in [0.1, 0.15) is 12.8 Å². The van der Waals surface area contributed by atoms with Crippen molar-refractivity contribution in [2.75, 3.05) is 46.5 Å². The van der Waals surface area contributed by atoms with E-state index >= 15 is 0 Å². The third-order valence-corrected chi connectivity index (χ3v) is 5.50. The first kappa shape index (κ1) is 20.1. The molecule has 156 valence electrons. The summed E-state index contributed by atoms with van der Waals surface area (Å²) < 4.78 is 16.8. The van der Waals surface area contributed by atoms with Gasteiger partial charge in [0.2, 0.25) is 0 Å². The van der Waals surface area contributed by atoms with Crippen LogP contribution in [0, 0.1) is 0 Å². The van der Waals surface area contributed by atoms with Crippen molar-refractivity contribution in [1.29, 1.82) is 0 Å². The van der Waals surface area contributed by atoms with Gasteiger partial charge in [-0.1, -0.05) is 24.3 Å². The second-order valence-corrected chi connectivity index (χ2v) is 7.57. The lowest BCUT2D eigenvalue weighted by molar-refractivity contribution is -0.0449. The molecule has 0 radical (unpaired) electrons. The summed E-state index contributed by atoms with van der Waals surface area (Å²) in [5.74, 6) is 1.25. The number of nitrogens with zero attached hydrogens (tertiary/aromatic N) is 3.